The molecule has 0 radical (unpaired) electrons. The van der Waals surface area contributed by atoms with Crippen LogP contribution in [0, 0.1) is 0 Å². The average Bonchev–Trinajstić information content (AvgIpc) is 3.13. The van der Waals surface area contributed by atoms with Gasteiger partial charge in [0.2, 0.25) is 0 Å². The highest BCUT2D eigenvalue weighted by atomic mass is 16.5. The molecule has 50 heavy (non-hydrogen) atoms. The topological polar surface area (TPSA) is 59.1 Å². The van der Waals surface area contributed by atoms with E-state index in [1.807, 2.05) is 36.4 Å². The van der Waals surface area contributed by atoms with Crippen LogP contribution in [0.15, 0.2) is 48.5 Å². The van der Waals surface area contributed by atoms with Crippen molar-refractivity contribution in [3.05, 3.63) is 59.7 Å². The summed E-state index contributed by atoms with van der Waals surface area (Å²) in [6.07, 6.45) is 21.8. The normalized spacial score (nSPS) is 11.4. The maximum absolute atomic E-state index is 13.1. The summed E-state index contributed by atoms with van der Waals surface area (Å²) in [6, 6.07) is 16.2. The van der Waals surface area contributed by atoms with Crippen molar-refractivity contribution < 1.29 is 19.1 Å². The third-order valence-electron chi connectivity index (χ3n) is 9.62. The van der Waals surface area contributed by atoms with Crippen LogP contribution in [0.4, 0.5) is 0 Å². The lowest BCUT2D eigenvalue weighted by Crippen LogP contribution is -2.33. The number of benzene rings is 2. The fourth-order valence-electron chi connectivity index (χ4n) is 6.53. The number of nitrogens with zero attached hydrogens (tertiary/aromatic N) is 2. The maximum Gasteiger partial charge on any atom is 0.320 e. The molecule has 0 fully saturated rings. The van der Waals surface area contributed by atoms with Crippen molar-refractivity contribution in [1.29, 1.82) is 0 Å². The van der Waals surface area contributed by atoms with Gasteiger partial charge < -0.3 is 9.47 Å². The number of hydrogen-bond acceptors (Lipinski definition) is 6. The second-order valence-corrected chi connectivity index (χ2v) is 14.1. The van der Waals surface area contributed by atoms with Gasteiger partial charge in [-0.1, -0.05) is 166 Å². The van der Waals surface area contributed by atoms with E-state index >= 15 is 0 Å². The molecule has 0 atom stereocenters. The van der Waals surface area contributed by atoms with Crippen molar-refractivity contribution in [3.63, 3.8) is 0 Å². The molecule has 0 aliphatic rings. The minimum Gasteiger partial charge on any atom is -0.460 e. The molecule has 2 rings (SSSR count). The lowest BCUT2D eigenvalue weighted by atomic mass is 9.96. The van der Waals surface area contributed by atoms with Gasteiger partial charge in [0, 0.05) is 0 Å². The second kappa shape index (κ2) is 28.9. The molecule has 0 heterocycles. The molecule has 0 aromatic heterocycles. The summed E-state index contributed by atoms with van der Waals surface area (Å²) >= 11 is 0. The Kier molecular flexibility index (Phi) is 25.2. The first-order valence-corrected chi connectivity index (χ1v) is 20.4. The molecule has 0 unspecified atom stereocenters. The van der Waals surface area contributed by atoms with Gasteiger partial charge in [-0.25, -0.2) is 0 Å². The monoisotopic (exact) mass is 693 g/mol. The zero-order valence-corrected chi connectivity index (χ0v) is 32.5. The van der Waals surface area contributed by atoms with Crippen LogP contribution in [-0.4, -0.2) is 61.0 Å². The highest BCUT2D eigenvalue weighted by molar-refractivity contribution is 5.74. The molecule has 0 amide bonds. The maximum atomic E-state index is 13.1. The molecule has 282 valence electrons. The van der Waals surface area contributed by atoms with E-state index in [-0.39, 0.29) is 25.2 Å². The third-order valence-corrected chi connectivity index (χ3v) is 9.62. The van der Waals surface area contributed by atoms with Gasteiger partial charge in [-0.15, -0.1) is 0 Å². The van der Waals surface area contributed by atoms with Crippen molar-refractivity contribution >= 4 is 11.9 Å². The van der Waals surface area contributed by atoms with Crippen molar-refractivity contribution in [2.24, 2.45) is 0 Å². The molecule has 0 spiro atoms. The first kappa shape index (κ1) is 43.5. The number of esters is 2. The average molecular weight is 693 g/mol. The molecule has 0 saturated heterocycles. The van der Waals surface area contributed by atoms with Crippen molar-refractivity contribution in [2.45, 2.75) is 156 Å². The molecular weight excluding hydrogens is 620 g/mol. The van der Waals surface area contributed by atoms with Crippen LogP contribution < -0.4 is 0 Å². The van der Waals surface area contributed by atoms with Gasteiger partial charge >= 0.3 is 11.9 Å². The highest BCUT2D eigenvalue weighted by Crippen LogP contribution is 2.28. The number of unbranched alkanes of at least 4 members (excludes halogenated alkanes) is 14. The van der Waals surface area contributed by atoms with Crippen LogP contribution >= 0.6 is 0 Å². The summed E-state index contributed by atoms with van der Waals surface area (Å²) in [7, 11) is 0. The molecule has 6 nitrogen and oxygen atoms in total. The third kappa shape index (κ3) is 19.6. The van der Waals surface area contributed by atoms with Crippen molar-refractivity contribution in [2.75, 3.05) is 39.3 Å². The molecule has 0 N–H and O–H groups in total. The molecule has 6 heteroatoms. The Morgan fingerprint density at radius 2 is 0.740 bits per heavy atom. The van der Waals surface area contributed by atoms with Crippen molar-refractivity contribution in [3.8, 4) is 11.1 Å². The second-order valence-electron chi connectivity index (χ2n) is 14.1. The SMILES string of the molecule is CCCCCCCN(CCCCCC)CC(=O)OCc1ccccc1-c1ccccc1COC(=O)CN(CCCCCC)CCCCCCC. The fraction of sp³-hybridized carbons (Fsp3) is 0.682. The Morgan fingerprint density at radius 1 is 0.440 bits per heavy atom. The zero-order valence-electron chi connectivity index (χ0n) is 32.5. The van der Waals surface area contributed by atoms with Crippen LogP contribution in [0.25, 0.3) is 11.1 Å². The highest BCUT2D eigenvalue weighted by Gasteiger charge is 2.16. The van der Waals surface area contributed by atoms with Gasteiger partial charge in [0.15, 0.2) is 0 Å². The molecule has 0 bridgehead atoms. The Hall–Kier alpha value is -2.70. The molecule has 2 aromatic rings. The van der Waals surface area contributed by atoms with E-state index < -0.39 is 0 Å². The Morgan fingerprint density at radius 3 is 1.08 bits per heavy atom. The smallest absolute Gasteiger partial charge is 0.320 e. The minimum atomic E-state index is -0.171. The van der Waals surface area contributed by atoms with Crippen LogP contribution in [0.2, 0.25) is 0 Å². The van der Waals surface area contributed by atoms with E-state index in [2.05, 4.69) is 49.6 Å². The Labute approximate surface area is 306 Å². The van der Waals surface area contributed by atoms with Gasteiger partial charge in [0.25, 0.3) is 0 Å². The standard InChI is InChI=1S/C44H72N2O4/c1-5-9-13-17-25-33-45(31-23-15-11-7-3)35-43(47)49-37-39-27-19-21-29-41(39)42-30-22-20-28-40(42)38-50-44(48)36-46(32-24-16-12-8-4)34-26-18-14-10-6-2/h19-22,27-30H,5-18,23-26,31-38H2,1-4H3. The summed E-state index contributed by atoms with van der Waals surface area (Å²) in [4.78, 5) is 30.8. The summed E-state index contributed by atoms with van der Waals surface area (Å²) in [5, 5.41) is 0. The van der Waals surface area contributed by atoms with Gasteiger partial charge in [-0.3, -0.25) is 19.4 Å². The minimum absolute atomic E-state index is 0.171. The van der Waals surface area contributed by atoms with Gasteiger partial charge in [-0.05, 0) is 74.1 Å². The molecule has 0 saturated carbocycles. The largest absolute Gasteiger partial charge is 0.460 e. The first-order valence-electron chi connectivity index (χ1n) is 20.4. The van der Waals surface area contributed by atoms with Crippen LogP contribution in [-0.2, 0) is 32.3 Å². The Bertz CT molecular complexity index is 1060. The number of rotatable bonds is 31. The predicted molar refractivity (Wildman–Crippen MR) is 210 cm³/mol. The van der Waals surface area contributed by atoms with Crippen molar-refractivity contribution in [1.82, 2.24) is 9.80 Å². The van der Waals surface area contributed by atoms with Gasteiger partial charge in [0.05, 0.1) is 13.1 Å². The van der Waals surface area contributed by atoms with Crippen LogP contribution in [0.1, 0.15) is 154 Å². The van der Waals surface area contributed by atoms with E-state index in [4.69, 9.17) is 9.47 Å². The fourth-order valence-corrected chi connectivity index (χ4v) is 6.53. The van der Waals surface area contributed by atoms with E-state index in [1.165, 1.54) is 89.9 Å². The summed E-state index contributed by atoms with van der Waals surface area (Å²) < 4.78 is 11.8. The number of ether oxygens (including phenoxy) is 2. The quantitative estimate of drug-likeness (QED) is 0.0579. The van der Waals surface area contributed by atoms with E-state index in [0.29, 0.717) is 13.1 Å². The number of carbonyl (C=O) groups excluding carboxylic acids is 2. The molecule has 0 aliphatic heterocycles. The molecular formula is C44H72N2O4. The molecule has 0 aliphatic carbocycles. The van der Waals surface area contributed by atoms with Crippen LogP contribution in [0.3, 0.4) is 0 Å². The van der Waals surface area contributed by atoms with E-state index in [1.54, 1.807) is 0 Å². The lowest BCUT2D eigenvalue weighted by Gasteiger charge is -2.22. The summed E-state index contributed by atoms with van der Waals surface area (Å²) in [5.74, 6) is -0.341. The molecule has 2 aromatic carbocycles. The summed E-state index contributed by atoms with van der Waals surface area (Å²) in [6.45, 7) is 13.8. The van der Waals surface area contributed by atoms with E-state index in [0.717, 1.165) is 74.1 Å². The zero-order chi connectivity index (χ0) is 36.1. The summed E-state index contributed by atoms with van der Waals surface area (Å²) in [5.41, 5.74) is 3.91. The Balaban J connectivity index is 2.00. The predicted octanol–water partition coefficient (Wildman–Crippen LogP) is 11.1. The number of carbonyl (C=O) groups is 2. The van der Waals surface area contributed by atoms with Crippen LogP contribution in [0.5, 0.6) is 0 Å². The first-order chi connectivity index (χ1) is 24.5. The van der Waals surface area contributed by atoms with Gasteiger partial charge in [0.1, 0.15) is 13.2 Å². The lowest BCUT2D eigenvalue weighted by molar-refractivity contribution is -0.147. The van der Waals surface area contributed by atoms with Gasteiger partial charge in [-0.2, -0.15) is 0 Å². The number of hydrogen-bond donors (Lipinski definition) is 0. The van der Waals surface area contributed by atoms with E-state index in [9.17, 15) is 9.59 Å².